The number of nitrogens with zero attached hydrogens (tertiary/aromatic N) is 1. The van der Waals surface area contributed by atoms with E-state index >= 15 is 0 Å². The lowest BCUT2D eigenvalue weighted by molar-refractivity contribution is 0.297. The summed E-state index contributed by atoms with van der Waals surface area (Å²) in [4.78, 5) is 4.56. The third-order valence-corrected chi connectivity index (χ3v) is 4.31. The Bertz CT molecular complexity index is 358. The third-order valence-electron chi connectivity index (χ3n) is 4.31. The van der Waals surface area contributed by atoms with Crippen LogP contribution in [0.5, 0.6) is 0 Å². The molecule has 1 aliphatic rings. The van der Waals surface area contributed by atoms with Gasteiger partial charge in [-0.25, -0.2) is 0 Å². The minimum Gasteiger partial charge on any atom is -0.314 e. The number of hydrogen-bond acceptors (Lipinski definition) is 2. The average Bonchev–Trinajstić information content (AvgIpc) is 2.78. The molecule has 0 aromatic carbocycles. The maximum absolute atomic E-state index is 4.56. The lowest BCUT2D eigenvalue weighted by Gasteiger charge is -2.27. The maximum Gasteiger partial charge on any atom is 0.0419 e. The largest absolute Gasteiger partial charge is 0.314 e. The van der Waals surface area contributed by atoms with Crippen molar-refractivity contribution >= 4 is 0 Å². The van der Waals surface area contributed by atoms with Crippen molar-refractivity contribution in [2.75, 3.05) is 6.54 Å². The number of hydrogen-bond donors (Lipinski definition) is 1. The topological polar surface area (TPSA) is 24.9 Å². The molecule has 0 bridgehead atoms. The molecule has 1 aliphatic carbocycles. The maximum atomic E-state index is 4.56. The molecule has 0 saturated heterocycles. The van der Waals surface area contributed by atoms with E-state index in [4.69, 9.17) is 0 Å². The fourth-order valence-corrected chi connectivity index (χ4v) is 3.25. The fourth-order valence-electron chi connectivity index (χ4n) is 3.25. The Morgan fingerprint density at radius 3 is 2.78 bits per heavy atom. The standard InChI is InChI=1S/C16H26N2/c1-4-17-16(15-7-5-6-13(15)3)10-14-9-8-12(2)11-18-14/h8-9,11,13,15-17H,4-7,10H2,1-3H3. The van der Waals surface area contributed by atoms with E-state index in [-0.39, 0.29) is 0 Å². The molecule has 1 aromatic rings. The Morgan fingerprint density at radius 2 is 2.22 bits per heavy atom. The molecular weight excluding hydrogens is 220 g/mol. The summed E-state index contributed by atoms with van der Waals surface area (Å²) in [5, 5.41) is 3.68. The molecule has 0 amide bonds. The highest BCUT2D eigenvalue weighted by Crippen LogP contribution is 2.34. The number of aromatic nitrogens is 1. The molecule has 1 N–H and O–H groups in total. The third kappa shape index (κ3) is 3.32. The predicted molar refractivity (Wildman–Crippen MR) is 76.6 cm³/mol. The molecule has 18 heavy (non-hydrogen) atoms. The van der Waals surface area contributed by atoms with Crippen molar-refractivity contribution in [3.05, 3.63) is 29.6 Å². The van der Waals surface area contributed by atoms with Crippen LogP contribution in [0.25, 0.3) is 0 Å². The summed E-state index contributed by atoms with van der Waals surface area (Å²) >= 11 is 0. The zero-order chi connectivity index (χ0) is 13.0. The van der Waals surface area contributed by atoms with E-state index in [1.54, 1.807) is 0 Å². The smallest absolute Gasteiger partial charge is 0.0419 e. The van der Waals surface area contributed by atoms with Crippen LogP contribution < -0.4 is 5.32 Å². The SMILES string of the molecule is CCNC(Cc1ccc(C)cn1)C1CCCC1C. The predicted octanol–water partition coefficient (Wildman–Crippen LogP) is 3.35. The summed E-state index contributed by atoms with van der Waals surface area (Å²) in [6, 6.07) is 4.95. The molecule has 3 unspecified atom stereocenters. The second kappa shape index (κ2) is 6.33. The highest BCUT2D eigenvalue weighted by atomic mass is 14.9. The lowest BCUT2D eigenvalue weighted by atomic mass is 9.87. The van der Waals surface area contributed by atoms with E-state index in [9.17, 15) is 0 Å². The van der Waals surface area contributed by atoms with Crippen LogP contribution in [-0.4, -0.2) is 17.6 Å². The van der Waals surface area contributed by atoms with Gasteiger partial charge >= 0.3 is 0 Å². The first kappa shape index (κ1) is 13.5. The van der Waals surface area contributed by atoms with Gasteiger partial charge in [-0.15, -0.1) is 0 Å². The van der Waals surface area contributed by atoms with E-state index in [1.165, 1.54) is 30.5 Å². The van der Waals surface area contributed by atoms with Gasteiger partial charge in [0.15, 0.2) is 0 Å². The normalized spacial score (nSPS) is 25.3. The quantitative estimate of drug-likeness (QED) is 0.862. The van der Waals surface area contributed by atoms with Crippen LogP contribution in [0, 0.1) is 18.8 Å². The van der Waals surface area contributed by atoms with E-state index < -0.39 is 0 Å². The van der Waals surface area contributed by atoms with Gasteiger partial charge in [0.2, 0.25) is 0 Å². The van der Waals surface area contributed by atoms with Crippen LogP contribution in [0.2, 0.25) is 0 Å². The summed E-state index contributed by atoms with van der Waals surface area (Å²) in [7, 11) is 0. The molecule has 3 atom stereocenters. The van der Waals surface area contributed by atoms with E-state index in [0.717, 1.165) is 24.8 Å². The molecule has 0 spiro atoms. The molecule has 100 valence electrons. The first-order valence-electron chi connectivity index (χ1n) is 7.35. The number of nitrogens with one attached hydrogen (secondary N) is 1. The van der Waals surface area contributed by atoms with E-state index in [2.05, 4.69) is 43.2 Å². The summed E-state index contributed by atoms with van der Waals surface area (Å²) in [5.41, 5.74) is 2.47. The number of likely N-dealkylation sites (N-methyl/N-ethyl adjacent to an activating group) is 1. The van der Waals surface area contributed by atoms with Crippen LogP contribution >= 0.6 is 0 Å². The van der Waals surface area contributed by atoms with E-state index in [0.29, 0.717) is 6.04 Å². The summed E-state index contributed by atoms with van der Waals surface area (Å²) in [6.45, 7) is 7.76. The first-order valence-corrected chi connectivity index (χ1v) is 7.35. The molecule has 0 radical (unpaired) electrons. The van der Waals surface area contributed by atoms with Crippen molar-refractivity contribution in [2.45, 2.75) is 52.5 Å². The molecule has 1 heterocycles. The van der Waals surface area contributed by atoms with Crippen molar-refractivity contribution in [3.8, 4) is 0 Å². The van der Waals surface area contributed by atoms with Crippen LogP contribution in [0.1, 0.15) is 44.4 Å². The fraction of sp³-hybridized carbons (Fsp3) is 0.688. The van der Waals surface area contributed by atoms with Crippen molar-refractivity contribution in [1.29, 1.82) is 0 Å². The molecule has 1 aromatic heterocycles. The van der Waals surface area contributed by atoms with Crippen molar-refractivity contribution < 1.29 is 0 Å². The van der Waals surface area contributed by atoms with Crippen LogP contribution in [-0.2, 0) is 6.42 Å². The summed E-state index contributed by atoms with van der Waals surface area (Å²) < 4.78 is 0. The Morgan fingerprint density at radius 1 is 1.39 bits per heavy atom. The lowest BCUT2D eigenvalue weighted by Crippen LogP contribution is -2.39. The van der Waals surface area contributed by atoms with Crippen LogP contribution in [0.3, 0.4) is 0 Å². The molecule has 2 rings (SSSR count). The van der Waals surface area contributed by atoms with Crippen LogP contribution in [0.4, 0.5) is 0 Å². The second-order valence-corrected chi connectivity index (χ2v) is 5.77. The molecule has 0 aliphatic heterocycles. The van der Waals surface area contributed by atoms with Gasteiger partial charge in [0.1, 0.15) is 0 Å². The van der Waals surface area contributed by atoms with Gasteiger partial charge in [0.05, 0.1) is 0 Å². The van der Waals surface area contributed by atoms with E-state index in [1.807, 2.05) is 6.20 Å². The number of aryl methyl sites for hydroxylation is 1. The summed E-state index contributed by atoms with van der Waals surface area (Å²) in [6.07, 6.45) is 7.23. The Hall–Kier alpha value is -0.890. The number of pyridine rings is 1. The van der Waals surface area contributed by atoms with Gasteiger partial charge in [-0.2, -0.15) is 0 Å². The zero-order valence-electron chi connectivity index (χ0n) is 11.9. The number of rotatable bonds is 5. The van der Waals surface area contributed by atoms with Gasteiger partial charge < -0.3 is 5.32 Å². The highest BCUT2D eigenvalue weighted by Gasteiger charge is 2.30. The van der Waals surface area contributed by atoms with Gasteiger partial charge in [-0.05, 0) is 43.4 Å². The molecule has 1 fully saturated rings. The van der Waals surface area contributed by atoms with Crippen molar-refractivity contribution in [2.24, 2.45) is 11.8 Å². The second-order valence-electron chi connectivity index (χ2n) is 5.77. The minimum atomic E-state index is 0.600. The van der Waals surface area contributed by atoms with Crippen molar-refractivity contribution in [3.63, 3.8) is 0 Å². The Labute approximate surface area is 111 Å². The monoisotopic (exact) mass is 246 g/mol. The average molecular weight is 246 g/mol. The van der Waals surface area contributed by atoms with Crippen LogP contribution in [0.15, 0.2) is 18.3 Å². The zero-order valence-corrected chi connectivity index (χ0v) is 11.9. The Kier molecular flexibility index (Phi) is 4.76. The van der Waals surface area contributed by atoms with Crippen molar-refractivity contribution in [1.82, 2.24) is 10.3 Å². The Balaban J connectivity index is 2.03. The first-order chi connectivity index (χ1) is 8.70. The van der Waals surface area contributed by atoms with Gasteiger partial charge in [-0.1, -0.05) is 32.8 Å². The molecule has 2 heteroatoms. The molecular formula is C16H26N2. The highest BCUT2D eigenvalue weighted by molar-refractivity contribution is 5.13. The summed E-state index contributed by atoms with van der Waals surface area (Å²) in [5.74, 6) is 1.69. The molecule has 1 saturated carbocycles. The molecule has 2 nitrogen and oxygen atoms in total. The minimum absolute atomic E-state index is 0.600. The van der Waals surface area contributed by atoms with Gasteiger partial charge in [0, 0.05) is 24.4 Å². The van der Waals surface area contributed by atoms with Gasteiger partial charge in [0.25, 0.3) is 0 Å². The van der Waals surface area contributed by atoms with Gasteiger partial charge in [-0.3, -0.25) is 4.98 Å².